The first kappa shape index (κ1) is 17.2. The number of rotatable bonds is 8. The summed E-state index contributed by atoms with van der Waals surface area (Å²) < 4.78 is 17.6. The quantitative estimate of drug-likeness (QED) is 0.386. The first-order valence-corrected chi connectivity index (χ1v) is 7.35. The maximum Gasteiger partial charge on any atom is 0.309 e. The van der Waals surface area contributed by atoms with Crippen LogP contribution in [-0.2, 0) is 9.53 Å². The lowest BCUT2D eigenvalue weighted by Gasteiger charge is -2.07. The molecule has 0 aliphatic rings. The molecule has 21 heavy (non-hydrogen) atoms. The Morgan fingerprint density at radius 3 is 2.57 bits per heavy atom. The molecule has 0 N–H and O–H groups in total. The molecule has 0 saturated heterocycles. The summed E-state index contributed by atoms with van der Waals surface area (Å²) in [6.45, 7) is 2.16. The number of esters is 1. The van der Waals surface area contributed by atoms with E-state index in [9.17, 15) is 9.18 Å². The lowest BCUT2D eigenvalue weighted by Crippen LogP contribution is -1.96. The van der Waals surface area contributed by atoms with Crippen molar-refractivity contribution in [2.75, 3.05) is 7.11 Å². The van der Waals surface area contributed by atoms with E-state index in [-0.39, 0.29) is 18.2 Å². The van der Waals surface area contributed by atoms with Gasteiger partial charge in [-0.15, -0.1) is 0 Å². The summed E-state index contributed by atoms with van der Waals surface area (Å²) >= 11 is 0. The maximum absolute atomic E-state index is 13.0. The van der Waals surface area contributed by atoms with Gasteiger partial charge in [0.1, 0.15) is 5.82 Å². The molecule has 0 radical (unpaired) electrons. The summed E-state index contributed by atoms with van der Waals surface area (Å²) in [6.07, 6.45) is 10.3. The molecule has 0 saturated carbocycles. The predicted octanol–water partition coefficient (Wildman–Crippen LogP) is 4.91. The highest BCUT2D eigenvalue weighted by Gasteiger charge is 2.01. The minimum Gasteiger partial charge on any atom is -0.469 e. The minimum atomic E-state index is -0.256. The number of carbonyl (C=O) groups excluding carboxylic acids is 1. The van der Waals surface area contributed by atoms with Crippen LogP contribution in [0, 0.1) is 5.82 Å². The van der Waals surface area contributed by atoms with Crippen molar-refractivity contribution < 1.29 is 13.9 Å². The van der Waals surface area contributed by atoms with Gasteiger partial charge in [-0.25, -0.2) is 4.39 Å². The number of halogens is 1. The van der Waals surface area contributed by atoms with E-state index in [0.29, 0.717) is 0 Å². The second-order valence-corrected chi connectivity index (χ2v) is 4.86. The second kappa shape index (κ2) is 9.92. The van der Waals surface area contributed by atoms with Gasteiger partial charge in [-0.05, 0) is 36.1 Å². The van der Waals surface area contributed by atoms with Crippen LogP contribution in [-0.4, -0.2) is 13.1 Å². The monoisotopic (exact) mass is 290 g/mol. The SMILES string of the molecule is CCCCC/C(=C\C=C\CC(=O)OC)c1ccc(F)cc1. The molecule has 0 aromatic heterocycles. The zero-order valence-electron chi connectivity index (χ0n) is 12.8. The fraction of sp³-hybridized carbons (Fsp3) is 0.389. The summed E-state index contributed by atoms with van der Waals surface area (Å²) in [6, 6.07) is 6.53. The number of unbranched alkanes of at least 4 members (excludes halogenated alkanes) is 2. The van der Waals surface area contributed by atoms with Crippen LogP contribution in [0.1, 0.15) is 44.6 Å². The molecule has 2 nitrogen and oxygen atoms in total. The molecule has 0 bridgehead atoms. The van der Waals surface area contributed by atoms with Gasteiger partial charge in [0.05, 0.1) is 13.5 Å². The van der Waals surface area contributed by atoms with Crippen LogP contribution in [0.2, 0.25) is 0 Å². The van der Waals surface area contributed by atoms with Crippen molar-refractivity contribution in [2.45, 2.75) is 39.0 Å². The third kappa shape index (κ3) is 6.89. The van der Waals surface area contributed by atoms with Gasteiger partial charge in [-0.3, -0.25) is 4.79 Å². The van der Waals surface area contributed by atoms with Gasteiger partial charge >= 0.3 is 5.97 Å². The van der Waals surface area contributed by atoms with Crippen LogP contribution in [0.5, 0.6) is 0 Å². The molecule has 1 rings (SSSR count). The molecule has 0 spiro atoms. The van der Waals surface area contributed by atoms with Crippen molar-refractivity contribution in [3.8, 4) is 0 Å². The molecular formula is C18H23FO2. The van der Waals surface area contributed by atoms with E-state index in [4.69, 9.17) is 0 Å². The first-order valence-electron chi connectivity index (χ1n) is 7.35. The molecule has 0 atom stereocenters. The molecule has 1 aromatic carbocycles. The molecule has 114 valence electrons. The van der Waals surface area contributed by atoms with E-state index >= 15 is 0 Å². The highest BCUT2D eigenvalue weighted by Crippen LogP contribution is 2.21. The van der Waals surface area contributed by atoms with Crippen molar-refractivity contribution in [1.29, 1.82) is 0 Å². The van der Waals surface area contributed by atoms with Gasteiger partial charge in [-0.2, -0.15) is 0 Å². The largest absolute Gasteiger partial charge is 0.469 e. The lowest BCUT2D eigenvalue weighted by molar-refractivity contribution is -0.139. The molecule has 0 unspecified atom stereocenters. The summed E-state index contributed by atoms with van der Waals surface area (Å²) in [7, 11) is 1.38. The van der Waals surface area contributed by atoms with Crippen molar-refractivity contribution in [2.24, 2.45) is 0 Å². The Balaban J connectivity index is 2.75. The third-order valence-corrected chi connectivity index (χ3v) is 3.21. The van der Waals surface area contributed by atoms with Crippen LogP contribution in [0.15, 0.2) is 42.5 Å². The molecule has 3 heteroatoms. The molecule has 0 amide bonds. The maximum atomic E-state index is 13.0. The highest BCUT2D eigenvalue weighted by atomic mass is 19.1. The van der Waals surface area contributed by atoms with Crippen LogP contribution in [0.3, 0.4) is 0 Å². The first-order chi connectivity index (χ1) is 10.2. The number of ether oxygens (including phenoxy) is 1. The zero-order chi connectivity index (χ0) is 15.5. The number of allylic oxidation sites excluding steroid dienone is 3. The van der Waals surface area contributed by atoms with Gasteiger partial charge in [-0.1, -0.05) is 50.1 Å². The lowest BCUT2D eigenvalue weighted by atomic mass is 9.99. The van der Waals surface area contributed by atoms with Gasteiger partial charge in [0.25, 0.3) is 0 Å². The normalized spacial score (nSPS) is 11.9. The second-order valence-electron chi connectivity index (χ2n) is 4.86. The summed E-state index contributed by atoms with van der Waals surface area (Å²) in [5.41, 5.74) is 2.18. The number of hydrogen-bond acceptors (Lipinski definition) is 2. The molecule has 0 fully saturated rings. The van der Waals surface area contributed by atoms with Crippen molar-refractivity contribution >= 4 is 11.5 Å². The van der Waals surface area contributed by atoms with Crippen molar-refractivity contribution in [3.05, 3.63) is 53.9 Å². The Morgan fingerprint density at radius 1 is 1.24 bits per heavy atom. The highest BCUT2D eigenvalue weighted by molar-refractivity contribution is 5.71. The van der Waals surface area contributed by atoms with Crippen LogP contribution >= 0.6 is 0 Å². The Labute approximate surface area is 126 Å². The van der Waals surface area contributed by atoms with Crippen molar-refractivity contribution in [1.82, 2.24) is 0 Å². The number of benzene rings is 1. The van der Waals surface area contributed by atoms with Crippen LogP contribution < -0.4 is 0 Å². The standard InChI is InChI=1S/C18H23FO2/c1-3-4-5-8-15(9-6-7-10-18(20)21-2)16-11-13-17(19)14-12-16/h6-7,9,11-14H,3-5,8,10H2,1-2H3/b7-6+,15-9+. The predicted molar refractivity (Wildman–Crippen MR) is 84.3 cm³/mol. The van der Waals surface area contributed by atoms with Crippen molar-refractivity contribution in [3.63, 3.8) is 0 Å². The van der Waals surface area contributed by atoms with Gasteiger partial charge in [0, 0.05) is 0 Å². The Morgan fingerprint density at radius 2 is 1.95 bits per heavy atom. The third-order valence-electron chi connectivity index (χ3n) is 3.21. The number of carbonyl (C=O) groups is 1. The smallest absolute Gasteiger partial charge is 0.309 e. The Kier molecular flexibility index (Phi) is 8.10. The number of hydrogen-bond donors (Lipinski definition) is 0. The average Bonchev–Trinajstić information content (AvgIpc) is 2.50. The van der Waals surface area contributed by atoms with Crippen LogP contribution in [0.25, 0.3) is 5.57 Å². The molecule has 0 heterocycles. The zero-order valence-corrected chi connectivity index (χ0v) is 12.8. The molecule has 0 aliphatic carbocycles. The Bertz CT molecular complexity index is 486. The minimum absolute atomic E-state index is 0.229. The molecule has 1 aromatic rings. The summed E-state index contributed by atoms with van der Waals surface area (Å²) in [4.78, 5) is 11.0. The topological polar surface area (TPSA) is 26.3 Å². The van der Waals surface area contributed by atoms with Gasteiger partial charge < -0.3 is 4.74 Å². The average molecular weight is 290 g/mol. The fourth-order valence-corrected chi connectivity index (χ4v) is 1.99. The van der Waals surface area contributed by atoms with E-state index in [0.717, 1.165) is 30.4 Å². The Hall–Kier alpha value is -1.90. The number of methoxy groups -OCH3 is 1. The molecule has 0 aliphatic heterocycles. The van der Waals surface area contributed by atoms with Gasteiger partial charge in [0.15, 0.2) is 0 Å². The van der Waals surface area contributed by atoms with Crippen LogP contribution in [0.4, 0.5) is 4.39 Å². The fourth-order valence-electron chi connectivity index (χ4n) is 1.99. The summed E-state index contributed by atoms with van der Waals surface area (Å²) in [5.74, 6) is -0.484. The van der Waals surface area contributed by atoms with E-state index in [1.54, 1.807) is 18.2 Å². The van der Waals surface area contributed by atoms with Gasteiger partial charge in [0.2, 0.25) is 0 Å². The van der Waals surface area contributed by atoms with E-state index in [1.807, 2.05) is 12.2 Å². The van der Waals surface area contributed by atoms with E-state index in [1.165, 1.54) is 25.7 Å². The van der Waals surface area contributed by atoms with E-state index in [2.05, 4.69) is 11.7 Å². The molecular weight excluding hydrogens is 267 g/mol. The van der Waals surface area contributed by atoms with E-state index < -0.39 is 0 Å². The summed E-state index contributed by atoms with van der Waals surface area (Å²) in [5, 5.41) is 0.